The molecule has 1 saturated carbocycles. The molecule has 104 valence electrons. The van der Waals surface area contributed by atoms with Gasteiger partial charge in [-0.15, -0.1) is 0 Å². The van der Waals surface area contributed by atoms with Crippen LogP contribution in [0.25, 0.3) is 0 Å². The minimum absolute atomic E-state index is 0.159. The maximum absolute atomic E-state index is 12.1. The van der Waals surface area contributed by atoms with Crippen molar-refractivity contribution in [2.75, 3.05) is 19.8 Å². The molecule has 1 saturated heterocycles. The first kappa shape index (κ1) is 14.3. The topological polar surface area (TPSA) is 38.3 Å². The fourth-order valence-electron chi connectivity index (χ4n) is 2.97. The summed E-state index contributed by atoms with van der Waals surface area (Å²) in [7, 11) is 0. The van der Waals surface area contributed by atoms with Crippen LogP contribution >= 0.6 is 15.9 Å². The first-order chi connectivity index (χ1) is 8.66. The number of halogens is 1. The standard InChI is InChI=1S/C14H24BrNO2/c1-10-9-18-7-6-13(10)14(17)16-8-11-2-4-12(15)5-3-11/h10-13H,2-9H2,1H3,(H,16,17). The zero-order chi connectivity index (χ0) is 13.0. The molecular weight excluding hydrogens is 294 g/mol. The molecule has 1 amide bonds. The van der Waals surface area contributed by atoms with Gasteiger partial charge in [-0.3, -0.25) is 4.79 Å². The van der Waals surface area contributed by atoms with Crippen LogP contribution in [0.1, 0.15) is 39.0 Å². The molecule has 0 bridgehead atoms. The molecule has 2 rings (SSSR count). The Morgan fingerprint density at radius 3 is 2.67 bits per heavy atom. The summed E-state index contributed by atoms with van der Waals surface area (Å²) in [6.45, 7) is 4.44. The molecule has 0 aromatic rings. The van der Waals surface area contributed by atoms with Gasteiger partial charge in [-0.25, -0.2) is 0 Å². The molecule has 0 aromatic carbocycles. The fourth-order valence-corrected chi connectivity index (χ4v) is 3.50. The minimum Gasteiger partial charge on any atom is -0.381 e. The molecule has 2 unspecified atom stereocenters. The lowest BCUT2D eigenvalue weighted by Crippen LogP contribution is -2.41. The van der Waals surface area contributed by atoms with Crippen LogP contribution in [0, 0.1) is 17.8 Å². The number of hydrogen-bond acceptors (Lipinski definition) is 2. The molecular formula is C14H24BrNO2. The van der Waals surface area contributed by atoms with Crippen LogP contribution in [0.5, 0.6) is 0 Å². The number of carbonyl (C=O) groups excluding carboxylic acids is 1. The van der Waals surface area contributed by atoms with Gasteiger partial charge in [0.1, 0.15) is 0 Å². The van der Waals surface area contributed by atoms with Crippen molar-refractivity contribution in [3.8, 4) is 0 Å². The Bertz CT molecular complexity index is 277. The van der Waals surface area contributed by atoms with Crippen LogP contribution in [0.3, 0.4) is 0 Å². The van der Waals surface area contributed by atoms with E-state index in [1.165, 1.54) is 25.7 Å². The molecule has 4 heteroatoms. The molecule has 2 aliphatic rings. The third-order valence-electron chi connectivity index (χ3n) is 4.32. The summed E-state index contributed by atoms with van der Waals surface area (Å²) in [5, 5.41) is 3.16. The SMILES string of the molecule is CC1COCCC1C(=O)NCC1CCC(Br)CC1. The highest BCUT2D eigenvalue weighted by molar-refractivity contribution is 9.09. The van der Waals surface area contributed by atoms with Crippen LogP contribution in [-0.2, 0) is 9.53 Å². The van der Waals surface area contributed by atoms with E-state index < -0.39 is 0 Å². The van der Waals surface area contributed by atoms with E-state index in [2.05, 4.69) is 28.2 Å². The van der Waals surface area contributed by atoms with Crippen LogP contribution in [-0.4, -0.2) is 30.5 Å². The predicted octanol–water partition coefficient (Wildman–Crippen LogP) is 2.73. The average Bonchev–Trinajstić information content (AvgIpc) is 2.38. The van der Waals surface area contributed by atoms with Crippen molar-refractivity contribution < 1.29 is 9.53 Å². The van der Waals surface area contributed by atoms with Crippen molar-refractivity contribution in [1.82, 2.24) is 5.32 Å². The molecule has 0 radical (unpaired) electrons. The Morgan fingerprint density at radius 1 is 1.28 bits per heavy atom. The first-order valence-corrected chi connectivity index (χ1v) is 8.08. The van der Waals surface area contributed by atoms with Gasteiger partial charge in [0.2, 0.25) is 5.91 Å². The number of amides is 1. The van der Waals surface area contributed by atoms with Gasteiger partial charge in [0, 0.05) is 30.5 Å². The second kappa shape index (κ2) is 6.90. The van der Waals surface area contributed by atoms with Crippen molar-refractivity contribution >= 4 is 21.8 Å². The summed E-state index contributed by atoms with van der Waals surface area (Å²) in [4.78, 5) is 12.8. The van der Waals surface area contributed by atoms with Crippen LogP contribution in [0.2, 0.25) is 0 Å². The molecule has 0 aromatic heterocycles. The quantitative estimate of drug-likeness (QED) is 0.813. The van der Waals surface area contributed by atoms with Crippen molar-refractivity contribution in [2.24, 2.45) is 17.8 Å². The lowest BCUT2D eigenvalue weighted by atomic mass is 9.87. The average molecular weight is 318 g/mol. The number of ether oxygens (including phenoxy) is 1. The number of rotatable bonds is 3. The number of nitrogens with one attached hydrogen (secondary N) is 1. The molecule has 0 spiro atoms. The second-order valence-electron chi connectivity index (χ2n) is 5.81. The summed E-state index contributed by atoms with van der Waals surface area (Å²) in [5.41, 5.74) is 0. The van der Waals surface area contributed by atoms with E-state index >= 15 is 0 Å². The predicted molar refractivity (Wildman–Crippen MR) is 75.8 cm³/mol. The molecule has 18 heavy (non-hydrogen) atoms. The summed E-state index contributed by atoms with van der Waals surface area (Å²) in [6.07, 6.45) is 5.84. The number of alkyl halides is 1. The highest BCUT2D eigenvalue weighted by Gasteiger charge is 2.29. The summed E-state index contributed by atoms with van der Waals surface area (Å²) >= 11 is 3.66. The van der Waals surface area contributed by atoms with E-state index in [1.807, 2.05) is 0 Å². The molecule has 1 N–H and O–H groups in total. The molecule has 2 atom stereocenters. The van der Waals surface area contributed by atoms with Gasteiger partial charge in [0.15, 0.2) is 0 Å². The van der Waals surface area contributed by atoms with Gasteiger partial charge in [0.05, 0.1) is 0 Å². The third kappa shape index (κ3) is 3.95. The van der Waals surface area contributed by atoms with E-state index in [0.29, 0.717) is 16.7 Å². The van der Waals surface area contributed by atoms with E-state index in [-0.39, 0.29) is 11.8 Å². The van der Waals surface area contributed by atoms with Crippen molar-refractivity contribution in [2.45, 2.75) is 43.9 Å². The second-order valence-corrected chi connectivity index (χ2v) is 7.11. The van der Waals surface area contributed by atoms with Gasteiger partial charge >= 0.3 is 0 Å². The van der Waals surface area contributed by atoms with Crippen molar-refractivity contribution in [3.63, 3.8) is 0 Å². The molecule has 1 heterocycles. The van der Waals surface area contributed by atoms with E-state index in [9.17, 15) is 4.79 Å². The normalized spacial score (nSPS) is 37.2. The van der Waals surface area contributed by atoms with Crippen LogP contribution < -0.4 is 5.32 Å². The Kier molecular flexibility index (Phi) is 5.49. The minimum atomic E-state index is 0.159. The first-order valence-electron chi connectivity index (χ1n) is 7.16. The molecule has 2 fully saturated rings. The van der Waals surface area contributed by atoms with Crippen LogP contribution in [0.4, 0.5) is 0 Å². The zero-order valence-corrected chi connectivity index (χ0v) is 12.7. The summed E-state index contributed by atoms with van der Waals surface area (Å²) in [5.74, 6) is 1.44. The Labute approximate surface area is 118 Å². The monoisotopic (exact) mass is 317 g/mol. The van der Waals surface area contributed by atoms with Gasteiger partial charge in [-0.2, -0.15) is 0 Å². The van der Waals surface area contributed by atoms with E-state index in [1.54, 1.807) is 0 Å². The maximum atomic E-state index is 12.1. The fraction of sp³-hybridized carbons (Fsp3) is 0.929. The van der Waals surface area contributed by atoms with Gasteiger partial charge < -0.3 is 10.1 Å². The number of carbonyl (C=O) groups is 1. The zero-order valence-electron chi connectivity index (χ0n) is 11.2. The molecule has 3 nitrogen and oxygen atoms in total. The molecule has 1 aliphatic heterocycles. The summed E-state index contributed by atoms with van der Waals surface area (Å²) in [6, 6.07) is 0. The lowest BCUT2D eigenvalue weighted by Gasteiger charge is -2.29. The van der Waals surface area contributed by atoms with E-state index in [0.717, 1.165) is 26.2 Å². The van der Waals surface area contributed by atoms with Crippen molar-refractivity contribution in [1.29, 1.82) is 0 Å². The Hall–Kier alpha value is -0.0900. The highest BCUT2D eigenvalue weighted by atomic mass is 79.9. The number of hydrogen-bond donors (Lipinski definition) is 1. The summed E-state index contributed by atoms with van der Waals surface area (Å²) < 4.78 is 5.38. The van der Waals surface area contributed by atoms with Crippen LogP contribution in [0.15, 0.2) is 0 Å². The van der Waals surface area contributed by atoms with Gasteiger partial charge in [-0.1, -0.05) is 22.9 Å². The third-order valence-corrected chi connectivity index (χ3v) is 5.23. The van der Waals surface area contributed by atoms with Gasteiger partial charge in [0.25, 0.3) is 0 Å². The van der Waals surface area contributed by atoms with E-state index in [4.69, 9.17) is 4.74 Å². The highest BCUT2D eigenvalue weighted by Crippen LogP contribution is 2.28. The Balaban J connectivity index is 1.71. The molecule has 1 aliphatic carbocycles. The van der Waals surface area contributed by atoms with Gasteiger partial charge in [-0.05, 0) is 43.9 Å². The lowest BCUT2D eigenvalue weighted by molar-refractivity contribution is -0.130. The smallest absolute Gasteiger partial charge is 0.223 e. The maximum Gasteiger partial charge on any atom is 0.223 e. The Morgan fingerprint density at radius 2 is 2.00 bits per heavy atom. The van der Waals surface area contributed by atoms with Crippen molar-refractivity contribution in [3.05, 3.63) is 0 Å². The largest absolute Gasteiger partial charge is 0.381 e.